The molecule has 7 heterocycles. The zero-order chi connectivity index (χ0) is 31.0. The summed E-state index contributed by atoms with van der Waals surface area (Å²) in [7, 11) is 0. The Morgan fingerprint density at radius 1 is 0.298 bits per heavy atom. The summed E-state index contributed by atoms with van der Waals surface area (Å²) in [6.45, 7) is 0. The van der Waals surface area contributed by atoms with Gasteiger partial charge in [0.15, 0.2) is 0 Å². The van der Waals surface area contributed by atoms with Crippen LogP contribution in [-0.2, 0) is 19.5 Å². The third-order valence-corrected chi connectivity index (χ3v) is 7.11. The number of hydrogen-bond acceptors (Lipinski definition) is 8. The summed E-state index contributed by atoms with van der Waals surface area (Å²) in [4.78, 5) is 26.2. The van der Waals surface area contributed by atoms with Crippen molar-refractivity contribution in [2.75, 3.05) is 0 Å². The molecular weight excluding hydrogens is 670 g/mol. The van der Waals surface area contributed by atoms with Gasteiger partial charge in [-0.25, -0.2) is 9.97 Å². The van der Waals surface area contributed by atoms with Crippen LogP contribution in [-0.4, -0.2) is 40.1 Å². The van der Waals surface area contributed by atoms with Gasteiger partial charge < -0.3 is 0 Å². The number of nitrogens with zero attached hydrogens (tertiary/aromatic N) is 8. The minimum atomic E-state index is 0. The average Bonchev–Trinajstić information content (AvgIpc) is 3.15. The van der Waals surface area contributed by atoms with Gasteiger partial charge in [-0.3, -0.25) is 19.9 Å². The monoisotopic (exact) mass is 696 g/mol. The summed E-state index contributed by atoms with van der Waals surface area (Å²) in [6, 6.07) is 43.5. The Balaban J connectivity index is 0.000000127. The second-order valence-corrected chi connectivity index (χ2v) is 10.2. The molecule has 0 aliphatic heterocycles. The van der Waals surface area contributed by atoms with Crippen LogP contribution in [0.1, 0.15) is 0 Å². The van der Waals surface area contributed by atoms with Crippen LogP contribution in [0.3, 0.4) is 0 Å². The number of fused-ring (bicyclic) bond motifs is 5. The first-order valence-corrected chi connectivity index (χ1v) is 14.7. The minimum Gasteiger partial charge on any atom is -0.255 e. The Hall–Kier alpha value is -5.92. The van der Waals surface area contributed by atoms with Gasteiger partial charge in [-0.2, -0.15) is 0 Å². The molecule has 8 nitrogen and oxygen atoms in total. The molecule has 0 aliphatic rings. The second-order valence-electron chi connectivity index (χ2n) is 10.2. The van der Waals surface area contributed by atoms with Crippen LogP contribution in [0.2, 0.25) is 0 Å². The van der Waals surface area contributed by atoms with Crippen LogP contribution in [0.5, 0.6) is 0 Å². The van der Waals surface area contributed by atoms with E-state index < -0.39 is 0 Å². The number of para-hydroxylation sites is 2. The van der Waals surface area contributed by atoms with E-state index in [4.69, 9.17) is 0 Å². The second kappa shape index (κ2) is 14.9. The third-order valence-electron chi connectivity index (χ3n) is 7.11. The first kappa shape index (κ1) is 31.1. The predicted molar refractivity (Wildman–Crippen MR) is 183 cm³/mol. The van der Waals surface area contributed by atoms with Gasteiger partial charge in [-0.1, -0.05) is 60.7 Å². The SMILES string of the molecule is [Ru+2].c1ccc(-c2ccccn2)nc1.c1ccc2nc(-c3ccc4ccccc4n3)ccc2c1.c1cnc2c(c1)nnc1cccnc12. The van der Waals surface area contributed by atoms with E-state index in [-0.39, 0.29) is 19.5 Å². The van der Waals surface area contributed by atoms with Crippen LogP contribution >= 0.6 is 0 Å². The summed E-state index contributed by atoms with van der Waals surface area (Å²) in [5.41, 5.74) is 8.81. The summed E-state index contributed by atoms with van der Waals surface area (Å²) in [5, 5.41) is 10.4. The molecule has 7 aromatic heterocycles. The topological polar surface area (TPSA) is 103 Å². The van der Waals surface area contributed by atoms with Crippen LogP contribution < -0.4 is 0 Å². The van der Waals surface area contributed by atoms with E-state index >= 15 is 0 Å². The van der Waals surface area contributed by atoms with Crippen molar-refractivity contribution in [3.63, 3.8) is 0 Å². The van der Waals surface area contributed by atoms with Crippen molar-refractivity contribution in [2.24, 2.45) is 0 Å². The molecule has 9 aromatic rings. The molecule has 47 heavy (non-hydrogen) atoms. The number of hydrogen-bond donors (Lipinski definition) is 0. The molecule has 0 saturated carbocycles. The maximum Gasteiger partial charge on any atom is 2.00 e. The quantitative estimate of drug-likeness (QED) is 0.132. The van der Waals surface area contributed by atoms with Gasteiger partial charge in [0.1, 0.15) is 22.1 Å². The number of pyridine rings is 6. The molecule has 224 valence electrons. The molecule has 9 heteroatoms. The van der Waals surface area contributed by atoms with Crippen molar-refractivity contribution < 1.29 is 19.5 Å². The molecule has 0 bridgehead atoms. The van der Waals surface area contributed by atoms with E-state index in [0.29, 0.717) is 0 Å². The first-order valence-electron chi connectivity index (χ1n) is 14.7. The predicted octanol–water partition coefficient (Wildman–Crippen LogP) is 8.16. The molecule has 0 unspecified atom stereocenters. The molecule has 0 fully saturated rings. The first-order chi connectivity index (χ1) is 22.8. The van der Waals surface area contributed by atoms with Gasteiger partial charge in [0.25, 0.3) is 0 Å². The van der Waals surface area contributed by atoms with Crippen molar-refractivity contribution >= 4 is 43.9 Å². The molecule has 0 spiro atoms. The number of rotatable bonds is 2. The van der Waals surface area contributed by atoms with Crippen LogP contribution in [0.25, 0.3) is 66.6 Å². The van der Waals surface area contributed by atoms with Gasteiger partial charge in [0, 0.05) is 35.6 Å². The molecule has 0 N–H and O–H groups in total. The van der Waals surface area contributed by atoms with Crippen molar-refractivity contribution in [1.29, 1.82) is 0 Å². The Labute approximate surface area is 283 Å². The maximum absolute atomic E-state index is 4.69. The fourth-order valence-corrected chi connectivity index (χ4v) is 4.87. The Bertz CT molecular complexity index is 2220. The van der Waals surface area contributed by atoms with Gasteiger partial charge in [0.2, 0.25) is 0 Å². The summed E-state index contributed by atoms with van der Waals surface area (Å²) >= 11 is 0. The van der Waals surface area contributed by atoms with Crippen molar-refractivity contribution in [3.05, 3.63) is 158 Å². The van der Waals surface area contributed by atoms with Gasteiger partial charge in [-0.15, -0.1) is 10.2 Å². The van der Waals surface area contributed by atoms with E-state index in [1.165, 1.54) is 0 Å². The van der Waals surface area contributed by atoms with Gasteiger partial charge >= 0.3 is 19.5 Å². The molecule has 0 aliphatic carbocycles. The van der Waals surface area contributed by atoms with E-state index in [1.54, 1.807) is 24.8 Å². The molecule has 0 amide bonds. The molecule has 9 rings (SSSR count). The van der Waals surface area contributed by atoms with Gasteiger partial charge in [0.05, 0.1) is 33.8 Å². The van der Waals surface area contributed by atoms with Crippen molar-refractivity contribution in [3.8, 4) is 22.8 Å². The largest absolute Gasteiger partial charge is 2.00 e. The fourth-order valence-electron chi connectivity index (χ4n) is 4.87. The van der Waals surface area contributed by atoms with E-state index in [1.807, 2.05) is 109 Å². The van der Waals surface area contributed by atoms with Crippen LogP contribution in [0.15, 0.2) is 158 Å². The molecule has 2 aromatic carbocycles. The summed E-state index contributed by atoms with van der Waals surface area (Å²) in [6.07, 6.45) is 7.00. The van der Waals surface area contributed by atoms with Gasteiger partial charge in [-0.05, 0) is 72.8 Å². The Kier molecular flexibility index (Phi) is 9.86. The number of benzene rings is 2. The standard InChI is InChI=1S/C18H12N2.C10H6N4.C10H8N2.Ru/c1-3-7-15-13(5-1)9-11-17(19-15)18-12-10-14-6-2-4-8-16(14)20-18;1-3-7-9(11-5-1)10-8(14-13-7)4-2-6-12-10;1-3-7-11-9(5-1)10-6-2-4-8-12-10;/h1-12H;1-6H;1-8H;/q;;;+2. The Morgan fingerprint density at radius 2 is 0.702 bits per heavy atom. The van der Waals surface area contributed by atoms with Crippen molar-refractivity contribution in [1.82, 2.24) is 40.1 Å². The zero-order valence-corrected chi connectivity index (χ0v) is 26.7. The van der Waals surface area contributed by atoms with Crippen LogP contribution in [0, 0.1) is 0 Å². The van der Waals surface area contributed by atoms with E-state index in [2.05, 4.69) is 64.4 Å². The Morgan fingerprint density at radius 3 is 1.15 bits per heavy atom. The minimum absolute atomic E-state index is 0. The van der Waals surface area contributed by atoms with E-state index in [0.717, 1.165) is 66.6 Å². The maximum atomic E-state index is 4.69. The summed E-state index contributed by atoms with van der Waals surface area (Å²) < 4.78 is 0. The number of aromatic nitrogens is 8. The third kappa shape index (κ3) is 7.33. The molecular formula is C38H26N8Ru+2. The summed E-state index contributed by atoms with van der Waals surface area (Å²) in [5.74, 6) is 0. The smallest absolute Gasteiger partial charge is 0.255 e. The fraction of sp³-hybridized carbons (Fsp3) is 0. The average molecular weight is 696 g/mol. The van der Waals surface area contributed by atoms with Crippen molar-refractivity contribution in [2.45, 2.75) is 0 Å². The normalized spacial score (nSPS) is 10.4. The molecule has 0 radical (unpaired) electrons. The van der Waals surface area contributed by atoms with Crippen LogP contribution in [0.4, 0.5) is 0 Å². The van der Waals surface area contributed by atoms with E-state index in [9.17, 15) is 0 Å². The molecule has 0 saturated heterocycles. The zero-order valence-electron chi connectivity index (χ0n) is 24.9. The molecule has 0 atom stereocenters.